The van der Waals surface area contributed by atoms with E-state index in [1.807, 2.05) is 49.1 Å². The Bertz CT molecular complexity index is 802. The van der Waals surface area contributed by atoms with Crippen molar-refractivity contribution in [2.24, 2.45) is 5.92 Å². The molecular formula is C24H30FNO3. The fraction of sp³-hybridized carbons (Fsp3) is 0.458. The Balaban J connectivity index is 1.60. The lowest BCUT2D eigenvalue weighted by Crippen LogP contribution is -2.39. The molecule has 3 rings (SSSR count). The summed E-state index contributed by atoms with van der Waals surface area (Å²) in [5.41, 5.74) is 1.66. The quantitative estimate of drug-likeness (QED) is 0.618. The first-order valence-electron chi connectivity index (χ1n) is 10.4. The fourth-order valence-corrected chi connectivity index (χ4v) is 3.57. The molecule has 1 amide bonds. The SMILES string of the molecule is CC(C)C(=O)N(Cc1cccc(OCCc2ccccc2F)c1)CC1CCCO1. The normalized spacial score (nSPS) is 16.2. The van der Waals surface area contributed by atoms with Crippen LogP contribution in [-0.2, 0) is 22.5 Å². The first-order chi connectivity index (χ1) is 14.0. The maximum absolute atomic E-state index is 13.7. The summed E-state index contributed by atoms with van der Waals surface area (Å²) in [6.07, 6.45) is 2.69. The average molecular weight is 400 g/mol. The summed E-state index contributed by atoms with van der Waals surface area (Å²) in [5.74, 6) is 0.595. The van der Waals surface area contributed by atoms with Crippen LogP contribution in [0.5, 0.6) is 5.75 Å². The molecule has 1 aliphatic rings. The molecule has 4 nitrogen and oxygen atoms in total. The topological polar surface area (TPSA) is 38.8 Å². The molecular weight excluding hydrogens is 369 g/mol. The van der Waals surface area contributed by atoms with Crippen LogP contribution in [0.4, 0.5) is 4.39 Å². The van der Waals surface area contributed by atoms with E-state index < -0.39 is 0 Å². The van der Waals surface area contributed by atoms with Gasteiger partial charge in [0.1, 0.15) is 11.6 Å². The Morgan fingerprint density at radius 3 is 2.79 bits per heavy atom. The van der Waals surface area contributed by atoms with Crippen LogP contribution >= 0.6 is 0 Å². The molecule has 0 bridgehead atoms. The van der Waals surface area contributed by atoms with Gasteiger partial charge in [0.15, 0.2) is 0 Å². The molecule has 1 unspecified atom stereocenters. The second-order valence-electron chi connectivity index (χ2n) is 7.85. The van der Waals surface area contributed by atoms with Crippen LogP contribution in [0.2, 0.25) is 0 Å². The second-order valence-corrected chi connectivity index (χ2v) is 7.85. The minimum Gasteiger partial charge on any atom is -0.493 e. The molecule has 1 atom stereocenters. The summed E-state index contributed by atoms with van der Waals surface area (Å²) in [5, 5.41) is 0. The number of hydrogen-bond donors (Lipinski definition) is 0. The van der Waals surface area contributed by atoms with Gasteiger partial charge >= 0.3 is 0 Å². The molecule has 0 saturated carbocycles. The van der Waals surface area contributed by atoms with Crippen molar-refractivity contribution >= 4 is 5.91 Å². The lowest BCUT2D eigenvalue weighted by atomic mass is 10.1. The number of nitrogens with zero attached hydrogens (tertiary/aromatic N) is 1. The molecule has 0 spiro atoms. The van der Waals surface area contributed by atoms with Gasteiger partial charge in [0.25, 0.3) is 0 Å². The van der Waals surface area contributed by atoms with Gasteiger partial charge in [0.05, 0.1) is 12.7 Å². The first kappa shape index (κ1) is 21.3. The predicted molar refractivity (Wildman–Crippen MR) is 111 cm³/mol. The monoisotopic (exact) mass is 399 g/mol. The number of halogens is 1. The van der Waals surface area contributed by atoms with Crippen LogP contribution in [0.25, 0.3) is 0 Å². The van der Waals surface area contributed by atoms with E-state index in [4.69, 9.17) is 9.47 Å². The molecule has 2 aromatic rings. The highest BCUT2D eigenvalue weighted by Gasteiger charge is 2.24. The molecule has 1 aliphatic heterocycles. The summed E-state index contributed by atoms with van der Waals surface area (Å²) < 4.78 is 25.3. The molecule has 0 N–H and O–H groups in total. The number of benzene rings is 2. The van der Waals surface area contributed by atoms with E-state index in [0.717, 1.165) is 30.8 Å². The van der Waals surface area contributed by atoms with Crippen LogP contribution in [0, 0.1) is 11.7 Å². The van der Waals surface area contributed by atoms with Gasteiger partial charge in [-0.15, -0.1) is 0 Å². The Labute approximate surface area is 172 Å². The Hall–Kier alpha value is -2.40. The van der Waals surface area contributed by atoms with Crippen LogP contribution in [-0.4, -0.2) is 36.7 Å². The van der Waals surface area contributed by atoms with Crippen molar-refractivity contribution < 1.29 is 18.7 Å². The minimum atomic E-state index is -0.207. The zero-order valence-corrected chi connectivity index (χ0v) is 17.3. The van der Waals surface area contributed by atoms with Gasteiger partial charge in [-0.2, -0.15) is 0 Å². The van der Waals surface area contributed by atoms with Gasteiger partial charge in [0, 0.05) is 32.0 Å². The summed E-state index contributed by atoms with van der Waals surface area (Å²) in [4.78, 5) is 14.6. The van der Waals surface area contributed by atoms with E-state index in [9.17, 15) is 9.18 Å². The summed E-state index contributed by atoms with van der Waals surface area (Å²) in [6.45, 7) is 6.17. The van der Waals surface area contributed by atoms with Crippen LogP contribution in [0.1, 0.15) is 37.8 Å². The number of hydrogen-bond acceptors (Lipinski definition) is 3. The van der Waals surface area contributed by atoms with Gasteiger partial charge in [0.2, 0.25) is 5.91 Å². The highest BCUT2D eigenvalue weighted by Crippen LogP contribution is 2.20. The fourth-order valence-electron chi connectivity index (χ4n) is 3.57. The summed E-state index contributed by atoms with van der Waals surface area (Å²) in [7, 11) is 0. The molecule has 2 aromatic carbocycles. The highest BCUT2D eigenvalue weighted by molar-refractivity contribution is 5.78. The Kier molecular flexibility index (Phi) is 7.64. The summed E-state index contributed by atoms with van der Waals surface area (Å²) in [6, 6.07) is 14.5. The maximum atomic E-state index is 13.7. The van der Waals surface area contributed by atoms with E-state index >= 15 is 0 Å². The molecule has 1 heterocycles. The second kappa shape index (κ2) is 10.4. The van der Waals surface area contributed by atoms with Crippen LogP contribution in [0.15, 0.2) is 48.5 Å². The van der Waals surface area contributed by atoms with E-state index in [-0.39, 0.29) is 23.7 Å². The minimum absolute atomic E-state index is 0.0587. The van der Waals surface area contributed by atoms with Crippen molar-refractivity contribution in [2.75, 3.05) is 19.8 Å². The first-order valence-corrected chi connectivity index (χ1v) is 10.4. The van der Waals surface area contributed by atoms with Gasteiger partial charge in [-0.3, -0.25) is 4.79 Å². The maximum Gasteiger partial charge on any atom is 0.225 e. The van der Waals surface area contributed by atoms with Crippen molar-refractivity contribution in [3.05, 3.63) is 65.5 Å². The smallest absolute Gasteiger partial charge is 0.225 e. The lowest BCUT2D eigenvalue weighted by molar-refractivity contribution is -0.136. The van der Waals surface area contributed by atoms with Gasteiger partial charge in [-0.05, 0) is 42.2 Å². The molecule has 29 heavy (non-hydrogen) atoms. The summed E-state index contributed by atoms with van der Waals surface area (Å²) >= 11 is 0. The zero-order valence-electron chi connectivity index (χ0n) is 17.3. The number of ether oxygens (including phenoxy) is 2. The third kappa shape index (κ3) is 6.29. The molecule has 0 radical (unpaired) electrons. The Morgan fingerprint density at radius 1 is 1.24 bits per heavy atom. The standard InChI is InChI=1S/C24H30FNO3/c1-18(2)24(27)26(17-22-10-6-13-28-22)16-19-7-5-9-21(15-19)29-14-12-20-8-3-4-11-23(20)25/h3-5,7-9,11,15,18,22H,6,10,12-14,16-17H2,1-2H3. The van der Waals surface area contributed by atoms with Crippen molar-refractivity contribution in [3.63, 3.8) is 0 Å². The average Bonchev–Trinajstić information content (AvgIpc) is 3.22. The lowest BCUT2D eigenvalue weighted by Gasteiger charge is -2.27. The van der Waals surface area contributed by atoms with E-state index in [1.54, 1.807) is 12.1 Å². The molecule has 0 aromatic heterocycles. The van der Waals surface area contributed by atoms with E-state index in [1.165, 1.54) is 6.07 Å². The number of carbonyl (C=O) groups is 1. The number of carbonyl (C=O) groups excluding carboxylic acids is 1. The predicted octanol–water partition coefficient (Wildman–Crippen LogP) is 4.61. The molecule has 0 aliphatic carbocycles. The molecule has 5 heteroatoms. The van der Waals surface area contributed by atoms with Crippen molar-refractivity contribution in [2.45, 2.75) is 45.8 Å². The van der Waals surface area contributed by atoms with Crippen LogP contribution in [0.3, 0.4) is 0 Å². The highest BCUT2D eigenvalue weighted by atomic mass is 19.1. The molecule has 1 saturated heterocycles. The Morgan fingerprint density at radius 2 is 2.07 bits per heavy atom. The van der Waals surface area contributed by atoms with Gasteiger partial charge < -0.3 is 14.4 Å². The molecule has 156 valence electrons. The third-order valence-electron chi connectivity index (χ3n) is 5.12. The number of rotatable bonds is 9. The van der Waals surface area contributed by atoms with Gasteiger partial charge in [-0.25, -0.2) is 4.39 Å². The van der Waals surface area contributed by atoms with Gasteiger partial charge in [-0.1, -0.05) is 44.2 Å². The van der Waals surface area contributed by atoms with Crippen molar-refractivity contribution in [1.82, 2.24) is 4.90 Å². The zero-order chi connectivity index (χ0) is 20.6. The van der Waals surface area contributed by atoms with E-state index in [2.05, 4.69) is 0 Å². The largest absolute Gasteiger partial charge is 0.493 e. The third-order valence-corrected chi connectivity index (χ3v) is 5.12. The van der Waals surface area contributed by atoms with Crippen molar-refractivity contribution in [3.8, 4) is 5.75 Å². The molecule has 1 fully saturated rings. The number of amides is 1. The van der Waals surface area contributed by atoms with Crippen molar-refractivity contribution in [1.29, 1.82) is 0 Å². The van der Waals surface area contributed by atoms with E-state index in [0.29, 0.717) is 31.7 Å². The van der Waals surface area contributed by atoms with Crippen LogP contribution < -0.4 is 4.74 Å².